The van der Waals surface area contributed by atoms with E-state index in [1.54, 1.807) is 25.4 Å². The van der Waals surface area contributed by atoms with Crippen LogP contribution in [0.25, 0.3) is 10.6 Å². The van der Waals surface area contributed by atoms with Crippen LogP contribution in [0.5, 0.6) is 0 Å². The van der Waals surface area contributed by atoms with Gasteiger partial charge in [0.2, 0.25) is 0 Å². The van der Waals surface area contributed by atoms with Crippen LogP contribution < -0.4 is 5.32 Å². The Bertz CT molecular complexity index is 680. The van der Waals surface area contributed by atoms with Crippen LogP contribution in [0, 0.1) is 6.92 Å². The van der Waals surface area contributed by atoms with Crippen molar-refractivity contribution in [3.8, 4) is 10.6 Å². The number of carboxylic acids is 1. The van der Waals surface area contributed by atoms with Gasteiger partial charge in [0.1, 0.15) is 15.4 Å². The van der Waals surface area contributed by atoms with E-state index in [-0.39, 0.29) is 0 Å². The molecule has 0 saturated carbocycles. The number of hydrogen-bond acceptors (Lipinski definition) is 5. The zero-order chi connectivity index (χ0) is 15.6. The first-order chi connectivity index (χ1) is 9.81. The van der Waals surface area contributed by atoms with Crippen LogP contribution in [-0.4, -0.2) is 32.5 Å². The standard InChI is InChI=1S/C14H15N3O3S/c1-8-10(11(18)17-14(2,3)13(19)20)21-12(16-8)9-5-4-6-15-7-9/h4-7H,1-3H3,(H,17,18)(H,19,20). The Kier molecular flexibility index (Phi) is 4.04. The lowest BCUT2D eigenvalue weighted by atomic mass is 10.1. The molecule has 0 aliphatic heterocycles. The van der Waals surface area contributed by atoms with E-state index in [9.17, 15) is 9.59 Å². The number of aliphatic carboxylic acids is 1. The summed E-state index contributed by atoms with van der Waals surface area (Å²) in [5.41, 5.74) is 0.0572. The van der Waals surface area contributed by atoms with Crippen LogP contribution >= 0.6 is 11.3 Å². The Labute approximate surface area is 125 Å². The number of carboxylic acid groups (broad SMARTS) is 1. The quantitative estimate of drug-likeness (QED) is 0.902. The van der Waals surface area contributed by atoms with Gasteiger partial charge in [0.25, 0.3) is 5.91 Å². The van der Waals surface area contributed by atoms with Crippen molar-refractivity contribution in [2.45, 2.75) is 26.3 Å². The summed E-state index contributed by atoms with van der Waals surface area (Å²) in [4.78, 5) is 32.0. The molecule has 0 aromatic carbocycles. The molecule has 1 amide bonds. The minimum absolute atomic E-state index is 0.406. The zero-order valence-electron chi connectivity index (χ0n) is 11.9. The van der Waals surface area contributed by atoms with Gasteiger partial charge in [-0.1, -0.05) is 0 Å². The number of nitrogens with zero attached hydrogens (tertiary/aromatic N) is 2. The Balaban J connectivity index is 2.28. The summed E-state index contributed by atoms with van der Waals surface area (Å²) in [6.07, 6.45) is 3.33. The van der Waals surface area contributed by atoms with Gasteiger partial charge in [0, 0.05) is 18.0 Å². The Morgan fingerprint density at radius 2 is 2.10 bits per heavy atom. The summed E-state index contributed by atoms with van der Waals surface area (Å²) in [7, 11) is 0. The smallest absolute Gasteiger partial charge is 0.328 e. The molecule has 0 unspecified atom stereocenters. The SMILES string of the molecule is Cc1nc(-c2cccnc2)sc1C(=O)NC(C)(C)C(=O)O. The van der Waals surface area contributed by atoms with Crippen LogP contribution in [0.2, 0.25) is 0 Å². The van der Waals surface area contributed by atoms with Crippen molar-refractivity contribution in [3.63, 3.8) is 0 Å². The predicted molar refractivity (Wildman–Crippen MR) is 79.3 cm³/mol. The monoisotopic (exact) mass is 305 g/mol. The highest BCUT2D eigenvalue weighted by Gasteiger charge is 2.30. The highest BCUT2D eigenvalue weighted by atomic mass is 32.1. The average molecular weight is 305 g/mol. The first kappa shape index (κ1) is 15.1. The number of thiazole rings is 1. The molecule has 110 valence electrons. The lowest BCUT2D eigenvalue weighted by Gasteiger charge is -2.20. The Hall–Kier alpha value is -2.28. The molecule has 2 aromatic heterocycles. The molecule has 0 radical (unpaired) electrons. The van der Waals surface area contributed by atoms with Crippen molar-refractivity contribution in [1.29, 1.82) is 0 Å². The highest BCUT2D eigenvalue weighted by Crippen LogP contribution is 2.27. The van der Waals surface area contributed by atoms with Gasteiger partial charge < -0.3 is 10.4 Å². The number of pyridine rings is 1. The third-order valence-corrected chi connectivity index (χ3v) is 4.08. The molecule has 0 saturated heterocycles. The van der Waals surface area contributed by atoms with E-state index >= 15 is 0 Å². The molecular formula is C14H15N3O3S. The summed E-state index contributed by atoms with van der Waals surface area (Å²) in [5, 5.41) is 12.2. The van der Waals surface area contributed by atoms with Crippen LogP contribution in [0.1, 0.15) is 29.2 Å². The molecule has 0 aliphatic carbocycles. The van der Waals surface area contributed by atoms with E-state index in [0.717, 1.165) is 5.56 Å². The molecule has 2 heterocycles. The number of aryl methyl sites for hydroxylation is 1. The number of hydrogen-bond donors (Lipinski definition) is 2. The molecule has 0 atom stereocenters. The van der Waals surface area contributed by atoms with Crippen LogP contribution in [0.3, 0.4) is 0 Å². The maximum Gasteiger partial charge on any atom is 0.328 e. The molecule has 0 spiro atoms. The summed E-state index contributed by atoms with van der Waals surface area (Å²) in [5.74, 6) is -1.53. The van der Waals surface area contributed by atoms with Crippen LogP contribution in [-0.2, 0) is 4.79 Å². The minimum Gasteiger partial charge on any atom is -0.480 e. The van der Waals surface area contributed by atoms with Crippen molar-refractivity contribution in [1.82, 2.24) is 15.3 Å². The van der Waals surface area contributed by atoms with Gasteiger partial charge in [-0.05, 0) is 32.9 Å². The van der Waals surface area contributed by atoms with Crippen molar-refractivity contribution >= 4 is 23.2 Å². The van der Waals surface area contributed by atoms with E-state index in [4.69, 9.17) is 5.11 Å². The molecule has 6 nitrogen and oxygen atoms in total. The maximum absolute atomic E-state index is 12.2. The lowest BCUT2D eigenvalue weighted by molar-refractivity contribution is -0.143. The van der Waals surface area contributed by atoms with Crippen molar-refractivity contribution in [2.75, 3.05) is 0 Å². The fourth-order valence-electron chi connectivity index (χ4n) is 1.61. The van der Waals surface area contributed by atoms with Crippen LogP contribution in [0.15, 0.2) is 24.5 Å². The third kappa shape index (κ3) is 3.25. The molecular weight excluding hydrogens is 290 g/mol. The van der Waals surface area contributed by atoms with Gasteiger partial charge in [-0.15, -0.1) is 11.3 Å². The predicted octanol–water partition coefficient (Wildman–Crippen LogP) is 2.11. The molecule has 21 heavy (non-hydrogen) atoms. The Morgan fingerprint density at radius 3 is 2.67 bits per heavy atom. The second kappa shape index (κ2) is 5.61. The van der Waals surface area contributed by atoms with Crippen molar-refractivity contribution in [2.24, 2.45) is 0 Å². The van der Waals surface area contributed by atoms with Crippen molar-refractivity contribution in [3.05, 3.63) is 35.1 Å². The largest absolute Gasteiger partial charge is 0.480 e. The highest BCUT2D eigenvalue weighted by molar-refractivity contribution is 7.17. The number of nitrogens with one attached hydrogen (secondary N) is 1. The molecule has 7 heteroatoms. The molecule has 0 fully saturated rings. The third-order valence-electron chi connectivity index (χ3n) is 2.87. The number of amides is 1. The molecule has 0 bridgehead atoms. The van der Waals surface area contributed by atoms with E-state index in [0.29, 0.717) is 15.6 Å². The fourth-order valence-corrected chi connectivity index (χ4v) is 2.57. The normalized spacial score (nSPS) is 11.2. The summed E-state index contributed by atoms with van der Waals surface area (Å²) in [6.45, 7) is 4.59. The lowest BCUT2D eigenvalue weighted by Crippen LogP contribution is -2.49. The first-order valence-corrected chi connectivity index (χ1v) is 7.06. The van der Waals surface area contributed by atoms with Crippen molar-refractivity contribution < 1.29 is 14.7 Å². The molecule has 0 aliphatic rings. The maximum atomic E-state index is 12.2. The first-order valence-electron chi connectivity index (χ1n) is 6.25. The second-order valence-corrected chi connectivity index (χ2v) is 6.06. The molecule has 2 N–H and O–H groups in total. The Morgan fingerprint density at radius 1 is 1.38 bits per heavy atom. The van der Waals surface area contributed by atoms with Gasteiger partial charge >= 0.3 is 5.97 Å². The second-order valence-electron chi connectivity index (χ2n) is 5.06. The van der Waals surface area contributed by atoms with Gasteiger partial charge in [-0.2, -0.15) is 0 Å². The van der Waals surface area contributed by atoms with Gasteiger partial charge in [0.05, 0.1) is 5.69 Å². The van der Waals surface area contributed by atoms with Gasteiger partial charge in [-0.25, -0.2) is 9.78 Å². The number of rotatable bonds is 4. The number of carbonyl (C=O) groups is 2. The van der Waals surface area contributed by atoms with E-state index in [1.165, 1.54) is 25.2 Å². The summed E-state index contributed by atoms with van der Waals surface area (Å²) >= 11 is 1.22. The van der Waals surface area contributed by atoms with E-state index in [2.05, 4.69) is 15.3 Å². The van der Waals surface area contributed by atoms with E-state index < -0.39 is 17.4 Å². The molecule has 2 rings (SSSR count). The zero-order valence-corrected chi connectivity index (χ0v) is 12.7. The van der Waals surface area contributed by atoms with E-state index in [1.807, 2.05) is 6.07 Å². The summed E-state index contributed by atoms with van der Waals surface area (Å²) in [6, 6.07) is 3.65. The number of aromatic nitrogens is 2. The number of carbonyl (C=O) groups excluding carboxylic acids is 1. The molecule has 2 aromatic rings. The van der Waals surface area contributed by atoms with Gasteiger partial charge in [-0.3, -0.25) is 9.78 Å². The topological polar surface area (TPSA) is 92.2 Å². The minimum atomic E-state index is -1.33. The fraction of sp³-hybridized carbons (Fsp3) is 0.286. The summed E-state index contributed by atoms with van der Waals surface area (Å²) < 4.78 is 0. The average Bonchev–Trinajstić information content (AvgIpc) is 2.81. The van der Waals surface area contributed by atoms with Gasteiger partial charge in [0.15, 0.2) is 0 Å². The van der Waals surface area contributed by atoms with Crippen LogP contribution in [0.4, 0.5) is 0 Å².